The summed E-state index contributed by atoms with van der Waals surface area (Å²) in [6.07, 6.45) is 0.396. The number of carbonyl (C=O) groups excluding carboxylic acids is 1. The SMILES string of the molecule is CC(Nc1ccc(CCO)cc1)c1ccc(N2CCOC2=O)cc1. The minimum atomic E-state index is -0.281. The fourth-order valence-corrected chi connectivity index (χ4v) is 2.80. The average molecular weight is 326 g/mol. The summed E-state index contributed by atoms with van der Waals surface area (Å²) in [7, 11) is 0. The Balaban J connectivity index is 1.64. The van der Waals surface area contributed by atoms with E-state index in [0.29, 0.717) is 19.6 Å². The van der Waals surface area contributed by atoms with E-state index in [4.69, 9.17) is 9.84 Å². The number of aliphatic hydroxyl groups excluding tert-OH is 1. The van der Waals surface area contributed by atoms with Crippen LogP contribution in [0.25, 0.3) is 0 Å². The first kappa shape index (κ1) is 16.3. The van der Waals surface area contributed by atoms with Gasteiger partial charge in [-0.15, -0.1) is 0 Å². The van der Waals surface area contributed by atoms with Crippen molar-refractivity contribution >= 4 is 17.5 Å². The predicted molar refractivity (Wildman–Crippen MR) is 94.4 cm³/mol. The first-order valence-electron chi connectivity index (χ1n) is 8.18. The number of hydrogen-bond donors (Lipinski definition) is 2. The number of ether oxygens (including phenoxy) is 1. The smallest absolute Gasteiger partial charge is 0.414 e. The molecule has 0 bridgehead atoms. The molecule has 1 fully saturated rings. The number of rotatable bonds is 6. The molecule has 2 N–H and O–H groups in total. The Kier molecular flexibility index (Phi) is 5.01. The molecule has 1 amide bonds. The lowest BCUT2D eigenvalue weighted by atomic mass is 10.1. The number of anilines is 2. The van der Waals surface area contributed by atoms with Gasteiger partial charge in [-0.1, -0.05) is 24.3 Å². The van der Waals surface area contributed by atoms with E-state index in [0.717, 1.165) is 22.5 Å². The van der Waals surface area contributed by atoms with Gasteiger partial charge in [-0.25, -0.2) is 4.79 Å². The number of aliphatic hydroxyl groups is 1. The van der Waals surface area contributed by atoms with Crippen molar-refractivity contribution in [2.24, 2.45) is 0 Å². The molecule has 0 aromatic heterocycles. The Hall–Kier alpha value is -2.53. The van der Waals surface area contributed by atoms with E-state index < -0.39 is 0 Å². The molecule has 0 saturated carbocycles. The van der Waals surface area contributed by atoms with Crippen LogP contribution in [0, 0.1) is 0 Å². The Morgan fingerprint density at radius 2 is 1.88 bits per heavy atom. The largest absolute Gasteiger partial charge is 0.447 e. The number of nitrogens with one attached hydrogen (secondary N) is 1. The molecule has 0 aliphatic carbocycles. The zero-order valence-electron chi connectivity index (χ0n) is 13.7. The first-order chi connectivity index (χ1) is 11.7. The van der Waals surface area contributed by atoms with Gasteiger partial charge < -0.3 is 15.2 Å². The number of carbonyl (C=O) groups is 1. The van der Waals surface area contributed by atoms with E-state index >= 15 is 0 Å². The second-order valence-corrected chi connectivity index (χ2v) is 5.89. The fraction of sp³-hybridized carbons (Fsp3) is 0.316. The number of amides is 1. The van der Waals surface area contributed by atoms with Crippen molar-refractivity contribution in [2.75, 3.05) is 30.0 Å². The molecule has 5 nitrogen and oxygen atoms in total. The second-order valence-electron chi connectivity index (χ2n) is 5.89. The van der Waals surface area contributed by atoms with Crippen LogP contribution in [0.2, 0.25) is 0 Å². The first-order valence-corrected chi connectivity index (χ1v) is 8.18. The van der Waals surface area contributed by atoms with Gasteiger partial charge in [0, 0.05) is 24.0 Å². The van der Waals surface area contributed by atoms with Gasteiger partial charge in [0.05, 0.1) is 6.54 Å². The van der Waals surface area contributed by atoms with Crippen molar-refractivity contribution in [1.29, 1.82) is 0 Å². The summed E-state index contributed by atoms with van der Waals surface area (Å²) in [5, 5.41) is 12.4. The van der Waals surface area contributed by atoms with Gasteiger partial charge in [-0.05, 0) is 48.7 Å². The maximum atomic E-state index is 11.6. The summed E-state index contributed by atoms with van der Waals surface area (Å²) in [5.41, 5.74) is 4.17. The van der Waals surface area contributed by atoms with Crippen LogP contribution in [0.4, 0.5) is 16.2 Å². The molecule has 1 heterocycles. The van der Waals surface area contributed by atoms with Crippen molar-refractivity contribution in [3.05, 3.63) is 59.7 Å². The van der Waals surface area contributed by atoms with Crippen molar-refractivity contribution in [2.45, 2.75) is 19.4 Å². The molecule has 3 rings (SSSR count). The van der Waals surface area contributed by atoms with E-state index in [1.807, 2.05) is 48.5 Å². The molecule has 2 aromatic rings. The molecule has 1 unspecified atom stereocenters. The van der Waals surface area contributed by atoms with Crippen LogP contribution in [0.1, 0.15) is 24.1 Å². The number of cyclic esters (lactones) is 1. The Morgan fingerprint density at radius 1 is 1.17 bits per heavy atom. The van der Waals surface area contributed by atoms with Crippen LogP contribution in [-0.2, 0) is 11.2 Å². The standard InChI is InChI=1S/C19H22N2O3/c1-14(20-17-6-2-15(3-7-17)10-12-22)16-4-8-18(9-5-16)21-11-13-24-19(21)23/h2-9,14,20,22H,10-13H2,1H3. The molecule has 126 valence electrons. The molecule has 2 aromatic carbocycles. The molecule has 1 aliphatic rings. The van der Waals surface area contributed by atoms with Crippen molar-refractivity contribution in [1.82, 2.24) is 0 Å². The summed E-state index contributed by atoms with van der Waals surface area (Å²) in [4.78, 5) is 13.2. The Bertz CT molecular complexity index is 683. The zero-order chi connectivity index (χ0) is 16.9. The van der Waals surface area contributed by atoms with E-state index in [2.05, 4.69) is 12.2 Å². The molecule has 1 saturated heterocycles. The Morgan fingerprint density at radius 3 is 2.46 bits per heavy atom. The topological polar surface area (TPSA) is 61.8 Å². The number of nitrogens with zero attached hydrogens (tertiary/aromatic N) is 1. The quantitative estimate of drug-likeness (QED) is 0.854. The van der Waals surface area contributed by atoms with Crippen LogP contribution in [0.3, 0.4) is 0 Å². The highest BCUT2D eigenvalue weighted by molar-refractivity contribution is 5.89. The van der Waals surface area contributed by atoms with Gasteiger partial charge in [-0.2, -0.15) is 0 Å². The molecule has 0 radical (unpaired) electrons. The highest BCUT2D eigenvalue weighted by atomic mass is 16.6. The van der Waals surface area contributed by atoms with Gasteiger partial charge in [0.15, 0.2) is 0 Å². The second kappa shape index (κ2) is 7.36. The van der Waals surface area contributed by atoms with Gasteiger partial charge in [0.25, 0.3) is 0 Å². The van der Waals surface area contributed by atoms with E-state index in [-0.39, 0.29) is 18.7 Å². The van der Waals surface area contributed by atoms with Gasteiger partial charge in [-0.3, -0.25) is 4.90 Å². The minimum absolute atomic E-state index is 0.147. The van der Waals surface area contributed by atoms with Crippen LogP contribution in [0.15, 0.2) is 48.5 Å². The molecule has 24 heavy (non-hydrogen) atoms. The monoisotopic (exact) mass is 326 g/mol. The fourth-order valence-electron chi connectivity index (χ4n) is 2.80. The third-order valence-electron chi connectivity index (χ3n) is 4.20. The molecule has 1 atom stereocenters. The van der Waals surface area contributed by atoms with Crippen molar-refractivity contribution in [3.63, 3.8) is 0 Å². The Labute approximate surface area is 141 Å². The van der Waals surface area contributed by atoms with Crippen LogP contribution in [-0.4, -0.2) is 31.0 Å². The highest BCUT2D eigenvalue weighted by Gasteiger charge is 2.23. The van der Waals surface area contributed by atoms with Crippen molar-refractivity contribution < 1.29 is 14.6 Å². The lowest BCUT2D eigenvalue weighted by molar-refractivity contribution is 0.181. The van der Waals surface area contributed by atoms with Crippen LogP contribution in [0.5, 0.6) is 0 Å². The number of hydrogen-bond acceptors (Lipinski definition) is 4. The third-order valence-corrected chi connectivity index (χ3v) is 4.20. The maximum Gasteiger partial charge on any atom is 0.414 e. The minimum Gasteiger partial charge on any atom is -0.447 e. The zero-order valence-corrected chi connectivity index (χ0v) is 13.7. The highest BCUT2D eigenvalue weighted by Crippen LogP contribution is 2.24. The molecule has 1 aliphatic heterocycles. The third kappa shape index (κ3) is 3.68. The number of benzene rings is 2. The molecule has 0 spiro atoms. The summed E-state index contributed by atoms with van der Waals surface area (Å²) in [5.74, 6) is 0. The summed E-state index contributed by atoms with van der Waals surface area (Å²) in [6.45, 7) is 3.32. The van der Waals surface area contributed by atoms with E-state index in [1.165, 1.54) is 0 Å². The van der Waals surface area contributed by atoms with Gasteiger partial charge in [0.2, 0.25) is 0 Å². The van der Waals surface area contributed by atoms with Crippen LogP contribution >= 0.6 is 0 Å². The predicted octanol–water partition coefficient (Wildman–Crippen LogP) is 3.35. The van der Waals surface area contributed by atoms with E-state index in [1.54, 1.807) is 4.90 Å². The van der Waals surface area contributed by atoms with Gasteiger partial charge in [0.1, 0.15) is 6.61 Å². The average Bonchev–Trinajstić information content (AvgIpc) is 3.03. The summed E-state index contributed by atoms with van der Waals surface area (Å²) < 4.78 is 4.96. The molecular formula is C19H22N2O3. The lowest BCUT2D eigenvalue weighted by Crippen LogP contribution is -2.23. The lowest BCUT2D eigenvalue weighted by Gasteiger charge is -2.18. The summed E-state index contributed by atoms with van der Waals surface area (Å²) >= 11 is 0. The molecular weight excluding hydrogens is 304 g/mol. The summed E-state index contributed by atoms with van der Waals surface area (Å²) in [6, 6.07) is 16.2. The van der Waals surface area contributed by atoms with Gasteiger partial charge >= 0.3 is 6.09 Å². The van der Waals surface area contributed by atoms with E-state index in [9.17, 15) is 4.79 Å². The normalized spacial score (nSPS) is 15.2. The van der Waals surface area contributed by atoms with Crippen molar-refractivity contribution in [3.8, 4) is 0 Å². The maximum absolute atomic E-state index is 11.6. The molecule has 5 heteroatoms. The van der Waals surface area contributed by atoms with Crippen LogP contribution < -0.4 is 10.2 Å².